The monoisotopic (exact) mass is 554 g/mol. The maximum absolute atomic E-state index is 9.83. The number of ether oxygens (including phenoxy) is 4. The van der Waals surface area contributed by atoms with Crippen molar-refractivity contribution in [2.75, 3.05) is 105 Å². The van der Waals surface area contributed by atoms with E-state index in [-0.39, 0.29) is 69.7 Å². The maximum Gasteiger partial charge on any atom is 0.235 e. The van der Waals surface area contributed by atoms with Crippen molar-refractivity contribution in [2.24, 2.45) is 0 Å². The summed E-state index contributed by atoms with van der Waals surface area (Å²) >= 11 is 22.7. The maximum atomic E-state index is 9.83. The van der Waals surface area contributed by atoms with E-state index in [1.54, 1.807) is 4.90 Å². The van der Waals surface area contributed by atoms with Crippen molar-refractivity contribution < 1.29 is 29.2 Å². The molecule has 33 heavy (non-hydrogen) atoms. The third-order valence-electron chi connectivity index (χ3n) is 3.66. The fourth-order valence-corrected chi connectivity index (χ4v) is 2.60. The van der Waals surface area contributed by atoms with E-state index in [1.807, 2.05) is 0 Å². The predicted octanol–water partition coefficient (Wildman–Crippen LogP) is 1.04. The van der Waals surface area contributed by atoms with E-state index in [0.717, 1.165) is 0 Å². The van der Waals surface area contributed by atoms with E-state index in [9.17, 15) is 10.2 Å². The Labute approximate surface area is 213 Å². The Morgan fingerprint density at radius 2 is 0.788 bits per heavy atom. The molecular weight excluding hydrogens is 526 g/mol. The number of alkyl halides is 4. The number of aliphatic hydroxyl groups is 2. The minimum absolute atomic E-state index is 0.0283. The second-order valence-corrected chi connectivity index (χ2v) is 7.55. The Morgan fingerprint density at radius 1 is 0.515 bits per heavy atom. The van der Waals surface area contributed by atoms with Gasteiger partial charge in [0, 0.05) is 23.5 Å². The smallest absolute Gasteiger partial charge is 0.235 e. The molecule has 0 saturated carbocycles. The summed E-state index contributed by atoms with van der Waals surface area (Å²) in [6.07, 6.45) is 0. The van der Waals surface area contributed by atoms with Crippen LogP contribution in [0.2, 0.25) is 0 Å². The van der Waals surface area contributed by atoms with Gasteiger partial charge in [-0.15, -0.1) is 46.4 Å². The van der Waals surface area contributed by atoms with Gasteiger partial charge in [0.25, 0.3) is 0 Å². The quantitative estimate of drug-likeness (QED) is 0.128. The minimum Gasteiger partial charge on any atom is -0.376 e. The van der Waals surface area contributed by atoms with Gasteiger partial charge in [-0.3, -0.25) is 14.7 Å². The molecule has 0 aliphatic heterocycles. The molecule has 1 heterocycles. The average Bonchev–Trinajstić information content (AvgIpc) is 2.83. The van der Waals surface area contributed by atoms with Gasteiger partial charge in [-0.1, -0.05) is 0 Å². The van der Waals surface area contributed by atoms with Gasteiger partial charge in [0.2, 0.25) is 17.8 Å². The van der Waals surface area contributed by atoms with Crippen molar-refractivity contribution in [3.8, 4) is 0 Å². The number of hydrogen-bond donors (Lipinski definition) is 2. The molecule has 0 radical (unpaired) electrons. The molecule has 0 fully saturated rings. The molecule has 0 aliphatic rings. The molecule has 2 N–H and O–H groups in total. The van der Waals surface area contributed by atoms with Crippen LogP contribution in [0.4, 0.5) is 17.8 Å². The highest BCUT2D eigenvalue weighted by Crippen LogP contribution is 2.19. The second-order valence-electron chi connectivity index (χ2n) is 6.04. The van der Waals surface area contributed by atoms with Crippen LogP contribution in [0.15, 0.2) is 0 Å². The Bertz CT molecular complexity index is 583. The number of nitrogens with zero attached hydrogens (tertiary/aromatic N) is 6. The highest BCUT2D eigenvalue weighted by Gasteiger charge is 2.21. The fourth-order valence-electron chi connectivity index (χ4n) is 2.16. The highest BCUT2D eigenvalue weighted by atomic mass is 35.5. The van der Waals surface area contributed by atoms with Crippen molar-refractivity contribution >= 4 is 64.2 Å². The summed E-state index contributed by atoms with van der Waals surface area (Å²) in [5.41, 5.74) is 0. The van der Waals surface area contributed by atoms with Crippen LogP contribution in [0, 0.1) is 0 Å². The van der Waals surface area contributed by atoms with Gasteiger partial charge >= 0.3 is 0 Å². The van der Waals surface area contributed by atoms with E-state index in [1.165, 1.54) is 9.80 Å². The molecule has 0 unspecified atom stereocenters. The molecule has 0 spiro atoms. The molecule has 0 aliphatic carbocycles. The van der Waals surface area contributed by atoms with Crippen molar-refractivity contribution in [3.63, 3.8) is 0 Å². The summed E-state index contributed by atoms with van der Waals surface area (Å²) in [6.45, 7) is 0.287. The molecular formula is C17H30Cl4N6O6. The molecule has 0 aromatic carbocycles. The molecule has 0 saturated heterocycles. The molecule has 0 amide bonds. The topological polar surface area (TPSA) is 126 Å². The van der Waals surface area contributed by atoms with E-state index in [4.69, 9.17) is 65.4 Å². The van der Waals surface area contributed by atoms with Crippen LogP contribution < -0.4 is 14.7 Å². The van der Waals surface area contributed by atoms with E-state index >= 15 is 0 Å². The van der Waals surface area contributed by atoms with Gasteiger partial charge in [-0.25, -0.2) is 0 Å². The number of rotatable bonds is 21. The zero-order valence-corrected chi connectivity index (χ0v) is 21.1. The van der Waals surface area contributed by atoms with Crippen molar-refractivity contribution in [1.82, 2.24) is 15.0 Å². The molecule has 192 valence electrons. The first-order chi connectivity index (χ1) is 16.1. The third-order valence-corrected chi connectivity index (χ3v) is 4.28. The summed E-state index contributed by atoms with van der Waals surface area (Å²) in [5, 5.41) is 19.7. The molecule has 0 bridgehead atoms. The molecule has 12 nitrogen and oxygen atoms in total. The Morgan fingerprint density at radius 3 is 1.06 bits per heavy atom. The summed E-state index contributed by atoms with van der Waals surface area (Å²) in [4.78, 5) is 17.5. The largest absolute Gasteiger partial charge is 0.376 e. The number of hydrogen-bond acceptors (Lipinski definition) is 12. The zero-order valence-electron chi connectivity index (χ0n) is 18.1. The molecule has 1 aromatic heterocycles. The van der Waals surface area contributed by atoms with Crippen LogP contribution in [0.25, 0.3) is 0 Å². The average molecular weight is 556 g/mol. The van der Waals surface area contributed by atoms with Gasteiger partial charge in [-0.05, 0) is 0 Å². The van der Waals surface area contributed by atoms with Crippen molar-refractivity contribution in [2.45, 2.75) is 0 Å². The van der Waals surface area contributed by atoms with E-state index in [2.05, 4.69) is 15.0 Å². The molecule has 1 aromatic rings. The summed E-state index contributed by atoms with van der Waals surface area (Å²) in [7, 11) is 0. The Hall–Kier alpha value is -0.670. The SMILES string of the molecule is OCN(COCCCl)c1nc(N(CO)COCCCl)nc(N(COCCCl)COCCCl)n1. The first-order valence-electron chi connectivity index (χ1n) is 9.92. The van der Waals surface area contributed by atoms with Crippen LogP contribution in [0.1, 0.15) is 0 Å². The van der Waals surface area contributed by atoms with E-state index < -0.39 is 13.5 Å². The van der Waals surface area contributed by atoms with Crippen LogP contribution in [0.3, 0.4) is 0 Å². The Kier molecular flexibility index (Phi) is 18.0. The zero-order chi connectivity index (χ0) is 24.3. The number of halogens is 4. The van der Waals surface area contributed by atoms with Gasteiger partial charge in [-0.2, -0.15) is 15.0 Å². The minimum atomic E-state index is -0.446. The lowest BCUT2D eigenvalue weighted by Gasteiger charge is -2.27. The lowest BCUT2D eigenvalue weighted by atomic mass is 10.6. The van der Waals surface area contributed by atoms with Gasteiger partial charge < -0.3 is 29.2 Å². The van der Waals surface area contributed by atoms with Crippen LogP contribution in [-0.4, -0.2) is 115 Å². The lowest BCUT2D eigenvalue weighted by Crippen LogP contribution is -2.36. The Balaban J connectivity index is 3.28. The van der Waals surface area contributed by atoms with E-state index in [0.29, 0.717) is 25.0 Å². The van der Waals surface area contributed by atoms with Gasteiger partial charge in [0.15, 0.2) is 0 Å². The molecule has 0 atom stereocenters. The predicted molar refractivity (Wildman–Crippen MR) is 128 cm³/mol. The highest BCUT2D eigenvalue weighted by molar-refractivity contribution is 6.18. The van der Waals surface area contributed by atoms with Crippen LogP contribution in [-0.2, 0) is 18.9 Å². The van der Waals surface area contributed by atoms with Crippen molar-refractivity contribution in [1.29, 1.82) is 0 Å². The first kappa shape index (κ1) is 30.4. The molecule has 1 rings (SSSR count). The number of anilines is 3. The fraction of sp³-hybridized carbons (Fsp3) is 0.824. The molecule has 16 heteroatoms. The van der Waals surface area contributed by atoms with Crippen LogP contribution in [0.5, 0.6) is 0 Å². The first-order valence-corrected chi connectivity index (χ1v) is 12.1. The summed E-state index contributed by atoms with van der Waals surface area (Å²) in [5.74, 6) is 1.50. The van der Waals surface area contributed by atoms with Gasteiger partial charge in [0.1, 0.15) is 40.4 Å². The van der Waals surface area contributed by atoms with Crippen molar-refractivity contribution in [3.05, 3.63) is 0 Å². The van der Waals surface area contributed by atoms with Crippen LogP contribution >= 0.6 is 46.4 Å². The lowest BCUT2D eigenvalue weighted by molar-refractivity contribution is 0.0959. The summed E-state index contributed by atoms with van der Waals surface area (Å²) in [6, 6.07) is 0. The third kappa shape index (κ3) is 12.0. The second kappa shape index (κ2) is 19.6. The van der Waals surface area contributed by atoms with Gasteiger partial charge in [0.05, 0.1) is 26.4 Å². The number of aromatic nitrogens is 3. The summed E-state index contributed by atoms with van der Waals surface area (Å²) < 4.78 is 21.8. The standard InChI is InChI=1S/C17H30Cl4N6O6/c18-1-5-30-11-25(9-28)15-22-16(26(10-29)12-31-6-2-19)24-17(23-15)27(13-32-7-3-20)14-33-8-4-21/h28-29H,1-14H2. The number of aliphatic hydroxyl groups excluding tert-OH is 2. The normalized spacial score (nSPS) is 11.1.